The van der Waals surface area contributed by atoms with E-state index in [1.54, 1.807) is 31.4 Å². The Morgan fingerprint density at radius 2 is 1.57 bits per heavy atom. The Morgan fingerprint density at radius 1 is 0.870 bits per heavy atom. The van der Waals surface area contributed by atoms with E-state index < -0.39 is 0 Å². The smallest absolute Gasteiger partial charge is 0.188 e. The number of benzene rings is 3. The van der Waals surface area contributed by atoms with Crippen LogP contribution in [0.15, 0.2) is 79.1 Å². The standard InChI is InChI=1S/C20H16O3/c1-22-18-9-7-16(8-10-18)20(21)12-13-23-19-11-6-15-4-2-3-5-17(15)14-19/h2-14H,1H3. The van der Waals surface area contributed by atoms with E-state index in [4.69, 9.17) is 9.47 Å². The minimum Gasteiger partial charge on any atom is -0.497 e. The van der Waals surface area contributed by atoms with Crippen LogP contribution in [0.5, 0.6) is 11.5 Å². The van der Waals surface area contributed by atoms with Gasteiger partial charge in [0.25, 0.3) is 0 Å². The highest BCUT2D eigenvalue weighted by atomic mass is 16.5. The number of allylic oxidation sites excluding steroid dienone is 1. The average Bonchev–Trinajstić information content (AvgIpc) is 2.61. The molecule has 0 atom stereocenters. The summed E-state index contributed by atoms with van der Waals surface area (Å²) < 4.78 is 10.6. The molecule has 0 fully saturated rings. The van der Waals surface area contributed by atoms with Crippen molar-refractivity contribution in [1.29, 1.82) is 0 Å². The second-order valence-electron chi connectivity index (χ2n) is 5.02. The fourth-order valence-electron chi connectivity index (χ4n) is 2.27. The summed E-state index contributed by atoms with van der Waals surface area (Å²) in [6.07, 6.45) is 2.83. The highest BCUT2D eigenvalue weighted by Crippen LogP contribution is 2.20. The quantitative estimate of drug-likeness (QED) is 0.392. The van der Waals surface area contributed by atoms with Crippen molar-refractivity contribution in [3.63, 3.8) is 0 Å². The van der Waals surface area contributed by atoms with Crippen LogP contribution >= 0.6 is 0 Å². The summed E-state index contributed by atoms with van der Waals surface area (Å²) in [7, 11) is 1.59. The highest BCUT2D eigenvalue weighted by molar-refractivity contribution is 6.04. The molecule has 0 saturated heterocycles. The second kappa shape index (κ2) is 6.79. The summed E-state index contributed by atoms with van der Waals surface area (Å²) in [4.78, 5) is 12.0. The van der Waals surface area contributed by atoms with Crippen molar-refractivity contribution in [2.24, 2.45) is 0 Å². The first-order chi connectivity index (χ1) is 11.3. The maximum absolute atomic E-state index is 12.0. The first kappa shape index (κ1) is 14.9. The summed E-state index contributed by atoms with van der Waals surface area (Å²) in [6.45, 7) is 0. The molecule has 0 radical (unpaired) electrons. The molecule has 0 aromatic heterocycles. The topological polar surface area (TPSA) is 35.5 Å². The number of fused-ring (bicyclic) bond motifs is 1. The molecule has 0 bridgehead atoms. The molecule has 3 aromatic carbocycles. The van der Waals surface area contributed by atoms with Gasteiger partial charge in [0.2, 0.25) is 0 Å². The first-order valence-corrected chi connectivity index (χ1v) is 7.27. The van der Waals surface area contributed by atoms with E-state index in [0.717, 1.165) is 16.5 Å². The van der Waals surface area contributed by atoms with Crippen LogP contribution in [0.3, 0.4) is 0 Å². The molecule has 0 aliphatic heterocycles. The van der Waals surface area contributed by atoms with Gasteiger partial charge in [0.1, 0.15) is 11.5 Å². The van der Waals surface area contributed by atoms with Gasteiger partial charge in [0.05, 0.1) is 13.4 Å². The van der Waals surface area contributed by atoms with Gasteiger partial charge in [0, 0.05) is 11.6 Å². The number of carbonyl (C=O) groups excluding carboxylic acids is 1. The van der Waals surface area contributed by atoms with Gasteiger partial charge in [0.15, 0.2) is 5.78 Å². The predicted octanol–water partition coefficient (Wildman–Crippen LogP) is 4.62. The van der Waals surface area contributed by atoms with Crippen LogP contribution in [-0.2, 0) is 0 Å². The Bertz CT molecular complexity index is 848. The van der Waals surface area contributed by atoms with Crippen molar-refractivity contribution >= 4 is 16.6 Å². The molecule has 23 heavy (non-hydrogen) atoms. The molecule has 0 heterocycles. The number of ether oxygens (including phenoxy) is 2. The summed E-state index contributed by atoms with van der Waals surface area (Å²) in [5.74, 6) is 1.30. The largest absolute Gasteiger partial charge is 0.497 e. The molecule has 0 spiro atoms. The monoisotopic (exact) mass is 304 g/mol. The number of rotatable bonds is 5. The van der Waals surface area contributed by atoms with Crippen molar-refractivity contribution in [3.8, 4) is 11.5 Å². The van der Waals surface area contributed by atoms with Crippen LogP contribution in [0.1, 0.15) is 10.4 Å². The number of carbonyl (C=O) groups is 1. The molecule has 0 aliphatic rings. The van der Waals surface area contributed by atoms with Crippen LogP contribution in [-0.4, -0.2) is 12.9 Å². The molecule has 0 unspecified atom stereocenters. The van der Waals surface area contributed by atoms with E-state index in [0.29, 0.717) is 11.3 Å². The van der Waals surface area contributed by atoms with Gasteiger partial charge in [-0.25, -0.2) is 0 Å². The van der Waals surface area contributed by atoms with E-state index in [1.165, 1.54) is 12.3 Å². The summed E-state index contributed by atoms with van der Waals surface area (Å²) in [5.41, 5.74) is 0.587. The molecule has 0 N–H and O–H groups in total. The van der Waals surface area contributed by atoms with Gasteiger partial charge in [-0.1, -0.05) is 30.3 Å². The van der Waals surface area contributed by atoms with Gasteiger partial charge in [-0.3, -0.25) is 4.79 Å². The van der Waals surface area contributed by atoms with Gasteiger partial charge in [-0.05, 0) is 47.2 Å². The Labute approximate surface area is 134 Å². The highest BCUT2D eigenvalue weighted by Gasteiger charge is 2.02. The number of ketones is 1. The number of hydrogen-bond donors (Lipinski definition) is 0. The predicted molar refractivity (Wildman–Crippen MR) is 91.0 cm³/mol. The molecule has 3 aromatic rings. The van der Waals surface area contributed by atoms with Crippen molar-refractivity contribution < 1.29 is 14.3 Å². The van der Waals surface area contributed by atoms with Crippen molar-refractivity contribution in [1.82, 2.24) is 0 Å². The Hall–Kier alpha value is -3.07. The molecular weight excluding hydrogens is 288 g/mol. The Balaban J connectivity index is 1.67. The Kier molecular flexibility index (Phi) is 4.39. The second-order valence-corrected chi connectivity index (χ2v) is 5.02. The molecule has 3 heteroatoms. The molecular formula is C20H16O3. The summed E-state index contributed by atoms with van der Waals surface area (Å²) >= 11 is 0. The lowest BCUT2D eigenvalue weighted by Crippen LogP contribution is -1.95. The van der Waals surface area contributed by atoms with Gasteiger partial charge >= 0.3 is 0 Å². The SMILES string of the molecule is COc1ccc(C(=O)C=COc2ccc3ccccc3c2)cc1. The maximum atomic E-state index is 12.0. The Morgan fingerprint density at radius 3 is 2.30 bits per heavy atom. The van der Waals surface area contributed by atoms with Gasteiger partial charge < -0.3 is 9.47 Å². The fraction of sp³-hybridized carbons (Fsp3) is 0.0500. The maximum Gasteiger partial charge on any atom is 0.188 e. The molecule has 0 aliphatic carbocycles. The van der Waals surface area contributed by atoms with E-state index in [2.05, 4.69) is 0 Å². The van der Waals surface area contributed by atoms with Crippen LogP contribution in [0.2, 0.25) is 0 Å². The zero-order valence-corrected chi connectivity index (χ0v) is 12.7. The van der Waals surface area contributed by atoms with Crippen molar-refractivity contribution in [2.45, 2.75) is 0 Å². The minimum absolute atomic E-state index is 0.117. The first-order valence-electron chi connectivity index (χ1n) is 7.27. The van der Waals surface area contributed by atoms with Crippen LogP contribution in [0, 0.1) is 0 Å². The molecule has 114 valence electrons. The zero-order chi connectivity index (χ0) is 16.1. The minimum atomic E-state index is -0.117. The van der Waals surface area contributed by atoms with Gasteiger partial charge in [-0.2, -0.15) is 0 Å². The molecule has 0 saturated carbocycles. The van der Waals surface area contributed by atoms with Crippen LogP contribution in [0.25, 0.3) is 10.8 Å². The number of hydrogen-bond acceptors (Lipinski definition) is 3. The lowest BCUT2D eigenvalue weighted by atomic mass is 10.1. The van der Waals surface area contributed by atoms with E-state index >= 15 is 0 Å². The molecule has 0 amide bonds. The van der Waals surface area contributed by atoms with Crippen LogP contribution < -0.4 is 9.47 Å². The average molecular weight is 304 g/mol. The molecule has 3 rings (SSSR count). The fourth-order valence-corrected chi connectivity index (χ4v) is 2.27. The van der Waals surface area contributed by atoms with E-state index in [-0.39, 0.29) is 5.78 Å². The summed E-state index contributed by atoms with van der Waals surface area (Å²) in [6, 6.07) is 20.8. The number of methoxy groups -OCH3 is 1. The van der Waals surface area contributed by atoms with Gasteiger partial charge in [-0.15, -0.1) is 0 Å². The van der Waals surface area contributed by atoms with Crippen molar-refractivity contribution in [3.05, 3.63) is 84.6 Å². The van der Waals surface area contributed by atoms with E-state index in [1.807, 2.05) is 42.5 Å². The third kappa shape index (κ3) is 3.58. The normalized spacial score (nSPS) is 10.8. The molecule has 3 nitrogen and oxygen atoms in total. The lowest BCUT2D eigenvalue weighted by Gasteiger charge is -2.03. The lowest BCUT2D eigenvalue weighted by molar-refractivity contribution is 0.104. The van der Waals surface area contributed by atoms with Crippen LogP contribution in [0.4, 0.5) is 0 Å². The third-order valence-electron chi connectivity index (χ3n) is 3.52. The van der Waals surface area contributed by atoms with Crippen molar-refractivity contribution in [2.75, 3.05) is 7.11 Å². The van der Waals surface area contributed by atoms with E-state index in [9.17, 15) is 4.79 Å². The summed E-state index contributed by atoms with van der Waals surface area (Å²) in [5, 5.41) is 2.25. The third-order valence-corrected chi connectivity index (χ3v) is 3.52. The zero-order valence-electron chi connectivity index (χ0n) is 12.7.